The number of sulfonamides is 1. The van der Waals surface area contributed by atoms with Crippen molar-refractivity contribution in [3.8, 4) is 0 Å². The van der Waals surface area contributed by atoms with Crippen LogP contribution in [0.3, 0.4) is 0 Å². The predicted octanol–water partition coefficient (Wildman–Crippen LogP) is 5.56. The van der Waals surface area contributed by atoms with E-state index in [9.17, 15) is 8.42 Å². The quantitative estimate of drug-likeness (QED) is 0.237. The first-order chi connectivity index (χ1) is 18.9. The number of aromatic nitrogens is 4. The van der Waals surface area contributed by atoms with Crippen LogP contribution in [0, 0.1) is 0 Å². The minimum Gasteiger partial charge on any atom is -0.329 e. The normalized spacial score (nSPS) is 11.9. The van der Waals surface area contributed by atoms with E-state index in [-0.39, 0.29) is 10.3 Å². The van der Waals surface area contributed by atoms with Crippen molar-refractivity contribution in [2.24, 2.45) is 12.2 Å². The Balaban J connectivity index is 1.37. The molecule has 0 bridgehead atoms. The molecular weight excluding hydrogens is 524 g/mol. The number of benzene rings is 3. The van der Waals surface area contributed by atoms with E-state index in [0.29, 0.717) is 17.5 Å². The Labute approximate surface area is 234 Å². The summed E-state index contributed by atoms with van der Waals surface area (Å²) in [5.41, 5.74) is 5.58. The maximum Gasteiger partial charge on any atom is 0.238 e. The van der Waals surface area contributed by atoms with Crippen LogP contribution in [0.2, 0.25) is 0 Å². The third-order valence-electron chi connectivity index (χ3n) is 6.66. The van der Waals surface area contributed by atoms with Gasteiger partial charge in [-0.25, -0.2) is 23.5 Å². The molecule has 0 fully saturated rings. The fraction of sp³-hybridized carbons (Fsp3) is 0.207. The molecule has 5 rings (SSSR count). The summed E-state index contributed by atoms with van der Waals surface area (Å²) < 4.78 is 25.4. The highest BCUT2D eigenvalue weighted by molar-refractivity contribution is 7.89. The summed E-state index contributed by atoms with van der Waals surface area (Å²) in [6, 6.07) is 22.5. The molecule has 40 heavy (non-hydrogen) atoms. The van der Waals surface area contributed by atoms with Crippen LogP contribution in [0.5, 0.6) is 0 Å². The van der Waals surface area contributed by atoms with Crippen LogP contribution in [0.25, 0.3) is 11.0 Å². The third kappa shape index (κ3) is 5.75. The second-order valence-corrected chi connectivity index (χ2v) is 12.2. The van der Waals surface area contributed by atoms with Crippen LogP contribution < -0.4 is 20.7 Å². The number of primary sulfonamides is 1. The highest BCUT2D eigenvalue weighted by Gasteiger charge is 2.15. The first kappa shape index (κ1) is 27.1. The molecule has 0 amide bonds. The number of nitrogens with zero attached hydrogens (tertiary/aromatic N) is 5. The Kier molecular flexibility index (Phi) is 6.94. The molecule has 0 saturated carbocycles. The number of rotatable bonds is 7. The molecular formula is C29H32N8O2S. The minimum absolute atomic E-state index is 0.00483. The zero-order valence-corrected chi connectivity index (χ0v) is 23.9. The highest BCUT2D eigenvalue weighted by Crippen LogP contribution is 2.30. The van der Waals surface area contributed by atoms with Gasteiger partial charge in [0.05, 0.1) is 15.9 Å². The molecule has 2 aromatic heterocycles. The number of imidazole rings is 1. The lowest BCUT2D eigenvalue weighted by atomic mass is 9.87. The van der Waals surface area contributed by atoms with Crippen molar-refractivity contribution in [2.45, 2.75) is 31.1 Å². The van der Waals surface area contributed by atoms with Crippen LogP contribution >= 0.6 is 0 Å². The molecule has 0 spiro atoms. The first-order valence-corrected chi connectivity index (χ1v) is 14.2. The smallest absolute Gasteiger partial charge is 0.238 e. The van der Waals surface area contributed by atoms with E-state index >= 15 is 0 Å². The molecule has 0 radical (unpaired) electrons. The van der Waals surface area contributed by atoms with Gasteiger partial charge < -0.3 is 20.1 Å². The zero-order chi connectivity index (χ0) is 28.7. The highest BCUT2D eigenvalue weighted by atomic mass is 32.2. The first-order valence-electron chi connectivity index (χ1n) is 12.7. The molecule has 0 aliphatic rings. The molecule has 4 N–H and O–H groups in total. The SMILES string of the molecule is CN(c1ccc2c(c1)nc(Nc1ccc(C(C)(C)C)cc1)n2C)c1ccnc(Nc2cccc(S(N)(=O)=O)c2)n1. The van der Waals surface area contributed by atoms with Crippen LogP contribution in [0.4, 0.5) is 34.8 Å². The van der Waals surface area contributed by atoms with Crippen molar-refractivity contribution in [1.29, 1.82) is 0 Å². The Morgan fingerprint density at radius 1 is 0.900 bits per heavy atom. The van der Waals surface area contributed by atoms with Crippen LogP contribution in [-0.4, -0.2) is 35.0 Å². The fourth-order valence-electron chi connectivity index (χ4n) is 4.30. The Hall–Kier alpha value is -4.48. The summed E-state index contributed by atoms with van der Waals surface area (Å²) in [7, 11) is 0.0735. The maximum atomic E-state index is 11.7. The molecule has 5 aromatic rings. The lowest BCUT2D eigenvalue weighted by molar-refractivity contribution is 0.590. The van der Waals surface area contributed by atoms with Gasteiger partial charge in [0.2, 0.25) is 21.9 Å². The molecule has 0 aliphatic carbocycles. The van der Waals surface area contributed by atoms with E-state index in [1.54, 1.807) is 24.4 Å². The van der Waals surface area contributed by atoms with Gasteiger partial charge in [-0.2, -0.15) is 4.98 Å². The van der Waals surface area contributed by atoms with Gasteiger partial charge in [0.1, 0.15) is 5.82 Å². The number of nitrogens with one attached hydrogen (secondary N) is 2. The molecule has 0 aliphatic heterocycles. The number of nitrogens with two attached hydrogens (primary N) is 1. The summed E-state index contributed by atoms with van der Waals surface area (Å²) in [6.45, 7) is 6.59. The van der Waals surface area contributed by atoms with Gasteiger partial charge in [-0.3, -0.25) is 0 Å². The fourth-order valence-corrected chi connectivity index (χ4v) is 4.86. The van der Waals surface area contributed by atoms with Gasteiger partial charge in [0.25, 0.3) is 0 Å². The molecule has 0 unspecified atom stereocenters. The Morgan fingerprint density at radius 2 is 1.65 bits per heavy atom. The monoisotopic (exact) mass is 556 g/mol. The number of hydrogen-bond donors (Lipinski definition) is 3. The van der Waals surface area contributed by atoms with Crippen molar-refractivity contribution >= 4 is 55.8 Å². The van der Waals surface area contributed by atoms with Crippen molar-refractivity contribution in [1.82, 2.24) is 19.5 Å². The minimum atomic E-state index is -3.82. The average molecular weight is 557 g/mol. The third-order valence-corrected chi connectivity index (χ3v) is 7.57. The van der Waals surface area contributed by atoms with E-state index in [1.807, 2.05) is 41.8 Å². The lowest BCUT2D eigenvalue weighted by Gasteiger charge is -2.19. The predicted molar refractivity (Wildman–Crippen MR) is 160 cm³/mol. The molecule has 206 valence electrons. The summed E-state index contributed by atoms with van der Waals surface area (Å²) in [5, 5.41) is 11.7. The Morgan fingerprint density at radius 3 is 2.35 bits per heavy atom. The standard InChI is InChI=1S/C29H32N8O2S/c1-29(2,3)19-9-11-20(12-10-19)33-28-34-24-18-22(13-14-25(24)37(28)5)36(4)26-15-16-31-27(35-26)32-21-7-6-8-23(17-21)40(30,38)39/h6-18H,1-5H3,(H,33,34)(H2,30,38,39)(H,31,32,35). The van der Waals surface area contributed by atoms with Crippen LogP contribution in [-0.2, 0) is 22.5 Å². The molecule has 2 heterocycles. The molecule has 0 saturated heterocycles. The van der Waals surface area contributed by atoms with Gasteiger partial charge >= 0.3 is 0 Å². The lowest BCUT2D eigenvalue weighted by Crippen LogP contribution is -2.13. The van der Waals surface area contributed by atoms with Gasteiger partial charge in [0, 0.05) is 37.4 Å². The van der Waals surface area contributed by atoms with Gasteiger partial charge in [0.15, 0.2) is 0 Å². The van der Waals surface area contributed by atoms with Crippen molar-refractivity contribution in [3.63, 3.8) is 0 Å². The van der Waals surface area contributed by atoms with E-state index in [1.165, 1.54) is 17.7 Å². The van der Waals surface area contributed by atoms with Crippen molar-refractivity contribution in [2.75, 3.05) is 22.6 Å². The zero-order valence-electron chi connectivity index (χ0n) is 23.0. The van der Waals surface area contributed by atoms with Crippen LogP contribution in [0.1, 0.15) is 26.3 Å². The second-order valence-electron chi connectivity index (χ2n) is 10.6. The summed E-state index contributed by atoms with van der Waals surface area (Å²) in [5.74, 6) is 1.71. The summed E-state index contributed by atoms with van der Waals surface area (Å²) in [6.07, 6.45) is 1.64. The van der Waals surface area contributed by atoms with Crippen LogP contribution in [0.15, 0.2) is 83.9 Å². The van der Waals surface area contributed by atoms with E-state index < -0.39 is 10.0 Å². The van der Waals surface area contributed by atoms with Gasteiger partial charge in [-0.15, -0.1) is 0 Å². The number of fused-ring (bicyclic) bond motifs is 1. The largest absolute Gasteiger partial charge is 0.329 e. The maximum absolute atomic E-state index is 11.7. The summed E-state index contributed by atoms with van der Waals surface area (Å²) in [4.78, 5) is 15.6. The van der Waals surface area contributed by atoms with E-state index in [0.717, 1.165) is 28.4 Å². The number of hydrogen-bond acceptors (Lipinski definition) is 8. The Bertz CT molecular complexity index is 1790. The second kappa shape index (κ2) is 10.2. The topological polar surface area (TPSA) is 131 Å². The summed E-state index contributed by atoms with van der Waals surface area (Å²) >= 11 is 0. The average Bonchev–Trinajstić information content (AvgIpc) is 3.22. The molecule has 0 atom stereocenters. The van der Waals surface area contributed by atoms with Crippen molar-refractivity contribution in [3.05, 3.63) is 84.6 Å². The van der Waals surface area contributed by atoms with Gasteiger partial charge in [-0.05, 0) is 65.6 Å². The van der Waals surface area contributed by atoms with E-state index in [2.05, 4.69) is 65.6 Å². The van der Waals surface area contributed by atoms with Gasteiger partial charge in [-0.1, -0.05) is 39.0 Å². The molecule has 3 aromatic carbocycles. The molecule has 11 heteroatoms. The molecule has 10 nitrogen and oxygen atoms in total. The number of anilines is 6. The van der Waals surface area contributed by atoms with E-state index in [4.69, 9.17) is 10.1 Å². The number of aryl methyl sites for hydroxylation is 1. The van der Waals surface area contributed by atoms with Crippen molar-refractivity contribution < 1.29 is 8.42 Å².